The van der Waals surface area contributed by atoms with Crippen LogP contribution in [0.3, 0.4) is 0 Å². The highest BCUT2D eigenvalue weighted by Gasteiger charge is 2.48. The van der Waals surface area contributed by atoms with Crippen LogP contribution in [0.1, 0.15) is 43.2 Å². The van der Waals surface area contributed by atoms with Crippen molar-refractivity contribution in [2.24, 2.45) is 0 Å². The average Bonchev–Trinajstić information content (AvgIpc) is 2.66. The smallest absolute Gasteiger partial charge is 0.235 e. The van der Waals surface area contributed by atoms with Gasteiger partial charge in [-0.2, -0.15) is 0 Å². The van der Waals surface area contributed by atoms with E-state index < -0.39 is 0 Å². The van der Waals surface area contributed by atoms with Crippen molar-refractivity contribution in [3.05, 3.63) is 29.3 Å². The summed E-state index contributed by atoms with van der Waals surface area (Å²) in [7, 11) is 0. The lowest BCUT2D eigenvalue weighted by atomic mass is 9.68. The second-order valence-corrected chi connectivity index (χ2v) is 6.17. The van der Waals surface area contributed by atoms with Crippen molar-refractivity contribution in [1.82, 2.24) is 0 Å². The lowest BCUT2D eigenvalue weighted by Gasteiger charge is -2.33. The molecule has 18 heavy (non-hydrogen) atoms. The molecule has 0 aromatic heterocycles. The molecule has 2 aliphatic rings. The zero-order valence-electron chi connectivity index (χ0n) is 10.5. The van der Waals surface area contributed by atoms with Crippen molar-refractivity contribution in [1.29, 1.82) is 0 Å². The first-order valence-corrected chi connectivity index (χ1v) is 7.90. The number of carbonyl (C=O) groups excluding carboxylic acids is 1. The van der Waals surface area contributed by atoms with Crippen molar-refractivity contribution in [2.45, 2.75) is 43.9 Å². The maximum atomic E-state index is 12.4. The van der Waals surface area contributed by atoms with Crippen LogP contribution >= 0.6 is 15.9 Å². The van der Waals surface area contributed by atoms with Gasteiger partial charge in [-0.1, -0.05) is 34.5 Å². The topological polar surface area (TPSA) is 29.1 Å². The summed E-state index contributed by atoms with van der Waals surface area (Å²) in [4.78, 5) is 12.4. The Morgan fingerprint density at radius 3 is 3.06 bits per heavy atom. The third-order valence-corrected chi connectivity index (χ3v) is 4.91. The van der Waals surface area contributed by atoms with E-state index in [0.717, 1.165) is 49.5 Å². The normalized spacial score (nSPS) is 24.8. The van der Waals surface area contributed by atoms with Crippen LogP contribution in [0.2, 0.25) is 0 Å². The molecule has 1 aromatic carbocycles. The van der Waals surface area contributed by atoms with Crippen LogP contribution in [0.5, 0.6) is 0 Å². The van der Waals surface area contributed by atoms with Gasteiger partial charge in [-0.15, -0.1) is 0 Å². The molecule has 96 valence electrons. The van der Waals surface area contributed by atoms with E-state index >= 15 is 0 Å². The molecule has 1 heterocycles. The zero-order chi connectivity index (χ0) is 12.6. The summed E-state index contributed by atoms with van der Waals surface area (Å²) in [5.74, 6) is 0.235. The highest BCUT2D eigenvalue weighted by atomic mass is 79.9. The molecule has 0 unspecified atom stereocenters. The SMILES string of the molecule is O=C1Nc2cccc3c2[C@]1(CCCCBr)CCC3. The van der Waals surface area contributed by atoms with Gasteiger partial charge in [0, 0.05) is 11.0 Å². The second kappa shape index (κ2) is 4.69. The number of amides is 1. The van der Waals surface area contributed by atoms with Crippen LogP contribution in [0.15, 0.2) is 18.2 Å². The van der Waals surface area contributed by atoms with Crippen molar-refractivity contribution in [3.8, 4) is 0 Å². The van der Waals surface area contributed by atoms with Gasteiger partial charge in [0.05, 0.1) is 5.41 Å². The first-order valence-electron chi connectivity index (χ1n) is 6.78. The molecule has 0 bridgehead atoms. The minimum absolute atomic E-state index is 0.216. The molecule has 0 fully saturated rings. The summed E-state index contributed by atoms with van der Waals surface area (Å²) in [6.07, 6.45) is 6.54. The number of unbranched alkanes of at least 4 members (excludes halogenated alkanes) is 1. The number of halogens is 1. The quantitative estimate of drug-likeness (QED) is 0.665. The maximum Gasteiger partial charge on any atom is 0.235 e. The highest BCUT2D eigenvalue weighted by molar-refractivity contribution is 9.09. The van der Waals surface area contributed by atoms with Crippen molar-refractivity contribution in [3.63, 3.8) is 0 Å². The summed E-state index contributed by atoms with van der Waals surface area (Å²) in [6.45, 7) is 0. The first-order chi connectivity index (χ1) is 8.78. The van der Waals surface area contributed by atoms with Gasteiger partial charge in [-0.25, -0.2) is 0 Å². The molecule has 0 saturated heterocycles. The van der Waals surface area contributed by atoms with Gasteiger partial charge in [0.25, 0.3) is 0 Å². The maximum absolute atomic E-state index is 12.4. The Balaban J connectivity index is 2.00. The zero-order valence-corrected chi connectivity index (χ0v) is 12.1. The highest BCUT2D eigenvalue weighted by Crippen LogP contribution is 2.49. The number of nitrogens with one attached hydrogen (secondary N) is 1. The molecule has 1 aliphatic heterocycles. The van der Waals surface area contributed by atoms with E-state index in [2.05, 4.69) is 33.4 Å². The predicted octanol–water partition coefficient (Wildman–Crippen LogP) is 3.78. The molecule has 1 N–H and O–H groups in total. The van der Waals surface area contributed by atoms with E-state index in [-0.39, 0.29) is 11.3 Å². The van der Waals surface area contributed by atoms with Gasteiger partial charge in [0.1, 0.15) is 0 Å². The first kappa shape index (κ1) is 12.2. The standard InChI is InChI=1S/C15H18BrNO/c16-10-2-1-8-15-9-4-6-11-5-3-7-12(13(11)15)17-14(15)18/h3,5,7H,1-2,4,6,8-10H2,(H,17,18)/t15-/m0/s1. The fraction of sp³-hybridized carbons (Fsp3) is 0.533. The second-order valence-electron chi connectivity index (χ2n) is 5.38. The third kappa shape index (κ3) is 1.71. The van der Waals surface area contributed by atoms with E-state index in [1.165, 1.54) is 11.1 Å². The molecule has 3 rings (SSSR count). The van der Waals surface area contributed by atoms with E-state index in [1.54, 1.807) is 0 Å². The Morgan fingerprint density at radius 1 is 1.33 bits per heavy atom. The molecule has 3 heteroatoms. The van der Waals surface area contributed by atoms with Crippen molar-refractivity contribution >= 4 is 27.5 Å². The molecule has 1 aliphatic carbocycles. The Hall–Kier alpha value is -0.830. The summed E-state index contributed by atoms with van der Waals surface area (Å²) in [5.41, 5.74) is 3.55. The molecule has 0 saturated carbocycles. The lowest BCUT2D eigenvalue weighted by Crippen LogP contribution is -2.37. The summed E-state index contributed by atoms with van der Waals surface area (Å²) < 4.78 is 0. The number of aryl methyl sites for hydroxylation is 1. The van der Waals surface area contributed by atoms with Crippen LogP contribution in [-0.4, -0.2) is 11.2 Å². The fourth-order valence-electron chi connectivity index (χ4n) is 3.54. The van der Waals surface area contributed by atoms with Crippen molar-refractivity contribution in [2.75, 3.05) is 10.6 Å². The number of carbonyl (C=O) groups is 1. The van der Waals surface area contributed by atoms with Crippen LogP contribution in [0.25, 0.3) is 0 Å². The lowest BCUT2D eigenvalue weighted by molar-refractivity contribution is -0.121. The van der Waals surface area contributed by atoms with Crippen LogP contribution < -0.4 is 5.32 Å². The Morgan fingerprint density at radius 2 is 2.22 bits per heavy atom. The van der Waals surface area contributed by atoms with E-state index in [9.17, 15) is 4.79 Å². The molecular weight excluding hydrogens is 290 g/mol. The summed E-state index contributed by atoms with van der Waals surface area (Å²) >= 11 is 3.47. The van der Waals surface area contributed by atoms with Crippen molar-refractivity contribution < 1.29 is 4.79 Å². The molecule has 0 spiro atoms. The fourth-order valence-corrected chi connectivity index (χ4v) is 3.93. The van der Waals surface area contributed by atoms with Gasteiger partial charge < -0.3 is 5.32 Å². The van der Waals surface area contributed by atoms with E-state index in [0.29, 0.717) is 0 Å². The number of rotatable bonds is 4. The number of hydrogen-bond acceptors (Lipinski definition) is 1. The Labute approximate surface area is 116 Å². The molecule has 1 aromatic rings. The van der Waals surface area contributed by atoms with E-state index in [1.807, 2.05) is 6.07 Å². The van der Waals surface area contributed by atoms with Gasteiger partial charge in [-0.3, -0.25) is 4.79 Å². The van der Waals surface area contributed by atoms with Gasteiger partial charge in [0.15, 0.2) is 0 Å². The molecule has 2 nitrogen and oxygen atoms in total. The van der Waals surface area contributed by atoms with Crippen LogP contribution in [0.4, 0.5) is 5.69 Å². The predicted molar refractivity (Wildman–Crippen MR) is 77.3 cm³/mol. The summed E-state index contributed by atoms with van der Waals surface area (Å²) in [5, 5.41) is 4.12. The van der Waals surface area contributed by atoms with Crippen LogP contribution in [0, 0.1) is 0 Å². The largest absolute Gasteiger partial charge is 0.325 e. The summed E-state index contributed by atoms with van der Waals surface area (Å²) in [6, 6.07) is 6.31. The number of alkyl halides is 1. The average molecular weight is 308 g/mol. The van der Waals surface area contributed by atoms with Gasteiger partial charge >= 0.3 is 0 Å². The Bertz CT molecular complexity index is 485. The molecular formula is C15H18BrNO. The molecule has 1 atom stereocenters. The molecule has 0 radical (unpaired) electrons. The minimum Gasteiger partial charge on any atom is -0.325 e. The van der Waals surface area contributed by atoms with E-state index in [4.69, 9.17) is 0 Å². The van der Waals surface area contributed by atoms with Gasteiger partial charge in [0.2, 0.25) is 5.91 Å². The molecule has 1 amide bonds. The third-order valence-electron chi connectivity index (χ3n) is 4.35. The van der Waals surface area contributed by atoms with Crippen LogP contribution in [-0.2, 0) is 16.6 Å². The number of benzene rings is 1. The van der Waals surface area contributed by atoms with Gasteiger partial charge in [-0.05, 0) is 49.3 Å². The minimum atomic E-state index is -0.216. The Kier molecular flexibility index (Phi) is 3.18. The monoisotopic (exact) mass is 307 g/mol. The number of hydrogen-bond donors (Lipinski definition) is 1. The number of anilines is 1.